The standard InChI is InChI=1S/C13H19BrN2O2/c1-10(2)9-18-7-3-6-15-13(17)11-4-5-12(14)16-8-11/h4-5,8,10H,3,6-7,9H2,1-2H3,(H,15,17). The minimum Gasteiger partial charge on any atom is -0.381 e. The van der Waals surface area contributed by atoms with E-state index in [1.165, 1.54) is 0 Å². The molecule has 5 heteroatoms. The lowest BCUT2D eigenvalue weighted by atomic mass is 10.2. The first-order chi connectivity index (χ1) is 8.59. The molecule has 1 N–H and O–H groups in total. The highest BCUT2D eigenvalue weighted by atomic mass is 79.9. The SMILES string of the molecule is CC(C)COCCCNC(=O)c1ccc(Br)nc1. The Hall–Kier alpha value is -0.940. The van der Waals surface area contributed by atoms with Crippen molar-refractivity contribution in [1.82, 2.24) is 10.3 Å². The molecule has 18 heavy (non-hydrogen) atoms. The van der Waals surface area contributed by atoms with E-state index in [0.29, 0.717) is 24.6 Å². The minimum absolute atomic E-state index is 0.0983. The highest BCUT2D eigenvalue weighted by molar-refractivity contribution is 9.10. The third kappa shape index (κ3) is 6.12. The maximum Gasteiger partial charge on any atom is 0.252 e. The molecule has 0 aliphatic heterocycles. The number of pyridine rings is 1. The van der Waals surface area contributed by atoms with E-state index in [1.807, 2.05) is 0 Å². The van der Waals surface area contributed by atoms with Gasteiger partial charge >= 0.3 is 0 Å². The van der Waals surface area contributed by atoms with Crippen LogP contribution in [0.2, 0.25) is 0 Å². The van der Waals surface area contributed by atoms with Crippen LogP contribution in [0.3, 0.4) is 0 Å². The molecule has 1 aromatic rings. The number of nitrogens with zero attached hydrogens (tertiary/aromatic N) is 1. The molecule has 0 aromatic carbocycles. The van der Waals surface area contributed by atoms with Gasteiger partial charge in [-0.05, 0) is 40.4 Å². The fourth-order valence-corrected chi connectivity index (χ4v) is 1.54. The van der Waals surface area contributed by atoms with Gasteiger partial charge in [0.25, 0.3) is 5.91 Å². The maximum atomic E-state index is 11.7. The molecule has 0 fully saturated rings. The molecule has 0 atom stereocenters. The minimum atomic E-state index is -0.0983. The van der Waals surface area contributed by atoms with Crippen molar-refractivity contribution in [3.63, 3.8) is 0 Å². The first-order valence-corrected chi connectivity index (χ1v) is 6.86. The summed E-state index contributed by atoms with van der Waals surface area (Å²) in [5, 5.41) is 2.83. The largest absolute Gasteiger partial charge is 0.381 e. The Balaban J connectivity index is 2.16. The first-order valence-electron chi connectivity index (χ1n) is 6.07. The van der Waals surface area contributed by atoms with Crippen LogP contribution in [0, 0.1) is 5.92 Å². The van der Waals surface area contributed by atoms with E-state index >= 15 is 0 Å². The highest BCUT2D eigenvalue weighted by Crippen LogP contribution is 2.06. The summed E-state index contributed by atoms with van der Waals surface area (Å²) in [7, 11) is 0. The van der Waals surface area contributed by atoms with Crippen molar-refractivity contribution >= 4 is 21.8 Å². The summed E-state index contributed by atoms with van der Waals surface area (Å²) in [4.78, 5) is 15.7. The lowest BCUT2D eigenvalue weighted by molar-refractivity contribution is 0.0924. The number of ether oxygens (including phenoxy) is 1. The summed E-state index contributed by atoms with van der Waals surface area (Å²) in [6.45, 7) is 6.29. The van der Waals surface area contributed by atoms with Crippen molar-refractivity contribution in [1.29, 1.82) is 0 Å². The number of aromatic nitrogens is 1. The Morgan fingerprint density at radius 3 is 2.89 bits per heavy atom. The summed E-state index contributed by atoms with van der Waals surface area (Å²) in [5.41, 5.74) is 0.571. The predicted octanol–water partition coefficient (Wildman–Crippen LogP) is 2.64. The van der Waals surface area contributed by atoms with Crippen molar-refractivity contribution in [2.75, 3.05) is 19.8 Å². The average Bonchev–Trinajstić information content (AvgIpc) is 2.34. The Morgan fingerprint density at radius 2 is 2.28 bits per heavy atom. The smallest absolute Gasteiger partial charge is 0.252 e. The van der Waals surface area contributed by atoms with Crippen molar-refractivity contribution in [2.45, 2.75) is 20.3 Å². The topological polar surface area (TPSA) is 51.2 Å². The van der Waals surface area contributed by atoms with Crippen LogP contribution in [0.5, 0.6) is 0 Å². The molecule has 1 heterocycles. The molecule has 1 amide bonds. The van der Waals surface area contributed by atoms with Crippen LogP contribution in [0.1, 0.15) is 30.6 Å². The monoisotopic (exact) mass is 314 g/mol. The van der Waals surface area contributed by atoms with Gasteiger partial charge in [-0.25, -0.2) is 4.98 Å². The van der Waals surface area contributed by atoms with Crippen molar-refractivity contribution < 1.29 is 9.53 Å². The van der Waals surface area contributed by atoms with Crippen LogP contribution in [-0.4, -0.2) is 30.6 Å². The van der Waals surface area contributed by atoms with Gasteiger partial charge in [0.15, 0.2) is 0 Å². The second-order valence-electron chi connectivity index (χ2n) is 4.45. The molecule has 0 bridgehead atoms. The molecule has 1 aromatic heterocycles. The fraction of sp³-hybridized carbons (Fsp3) is 0.538. The fourth-order valence-electron chi connectivity index (χ4n) is 1.31. The second kappa shape index (κ2) is 8.21. The lowest BCUT2D eigenvalue weighted by Crippen LogP contribution is -2.25. The molecular formula is C13H19BrN2O2. The van der Waals surface area contributed by atoms with Gasteiger partial charge in [-0.1, -0.05) is 13.8 Å². The van der Waals surface area contributed by atoms with Crippen molar-refractivity contribution in [3.8, 4) is 0 Å². The zero-order valence-corrected chi connectivity index (χ0v) is 12.4. The molecule has 0 aliphatic rings. The number of hydrogen-bond donors (Lipinski definition) is 1. The van der Waals surface area contributed by atoms with E-state index < -0.39 is 0 Å². The molecule has 100 valence electrons. The molecule has 0 radical (unpaired) electrons. The normalized spacial score (nSPS) is 10.7. The summed E-state index contributed by atoms with van der Waals surface area (Å²) in [6, 6.07) is 3.49. The van der Waals surface area contributed by atoms with Crippen LogP contribution in [0.4, 0.5) is 0 Å². The van der Waals surface area contributed by atoms with Gasteiger partial charge in [-0.3, -0.25) is 4.79 Å². The van der Waals surface area contributed by atoms with Crippen LogP contribution < -0.4 is 5.32 Å². The molecule has 1 rings (SSSR count). The summed E-state index contributed by atoms with van der Waals surface area (Å²) < 4.78 is 6.15. The van der Waals surface area contributed by atoms with Crippen molar-refractivity contribution in [2.24, 2.45) is 5.92 Å². The number of nitrogens with one attached hydrogen (secondary N) is 1. The number of rotatable bonds is 7. The van der Waals surface area contributed by atoms with E-state index in [9.17, 15) is 4.79 Å². The van der Waals surface area contributed by atoms with E-state index in [4.69, 9.17) is 4.74 Å². The average molecular weight is 315 g/mol. The maximum absolute atomic E-state index is 11.7. The van der Waals surface area contributed by atoms with E-state index in [1.54, 1.807) is 18.3 Å². The molecule has 0 saturated heterocycles. The van der Waals surface area contributed by atoms with Gasteiger partial charge in [0.05, 0.1) is 5.56 Å². The predicted molar refractivity (Wildman–Crippen MR) is 74.5 cm³/mol. The van der Waals surface area contributed by atoms with Crippen LogP contribution in [0.25, 0.3) is 0 Å². The van der Waals surface area contributed by atoms with E-state index in [0.717, 1.165) is 17.6 Å². The number of carbonyl (C=O) groups excluding carboxylic acids is 1. The quantitative estimate of drug-likeness (QED) is 0.622. The number of hydrogen-bond acceptors (Lipinski definition) is 3. The van der Waals surface area contributed by atoms with Gasteiger partial charge in [0.2, 0.25) is 0 Å². The highest BCUT2D eigenvalue weighted by Gasteiger charge is 2.04. The third-order valence-electron chi connectivity index (χ3n) is 2.19. The van der Waals surface area contributed by atoms with Crippen LogP contribution >= 0.6 is 15.9 Å². The molecular weight excluding hydrogens is 296 g/mol. The van der Waals surface area contributed by atoms with Crippen LogP contribution in [0.15, 0.2) is 22.9 Å². The summed E-state index contributed by atoms with van der Waals surface area (Å²) in [5.74, 6) is 0.451. The molecule has 4 nitrogen and oxygen atoms in total. The summed E-state index contributed by atoms with van der Waals surface area (Å²) in [6.07, 6.45) is 2.37. The number of halogens is 1. The Kier molecular flexibility index (Phi) is 6.90. The molecule has 0 aliphatic carbocycles. The second-order valence-corrected chi connectivity index (χ2v) is 5.26. The number of amides is 1. The molecule has 0 unspecified atom stereocenters. The first kappa shape index (κ1) is 15.1. The van der Waals surface area contributed by atoms with Gasteiger partial charge < -0.3 is 10.1 Å². The van der Waals surface area contributed by atoms with Gasteiger partial charge in [-0.2, -0.15) is 0 Å². The van der Waals surface area contributed by atoms with Crippen LogP contribution in [-0.2, 0) is 4.74 Å². The van der Waals surface area contributed by atoms with Gasteiger partial charge in [0.1, 0.15) is 4.60 Å². The third-order valence-corrected chi connectivity index (χ3v) is 2.66. The number of carbonyl (C=O) groups is 1. The summed E-state index contributed by atoms with van der Waals surface area (Å²) >= 11 is 3.23. The Bertz CT molecular complexity index is 366. The molecule has 0 saturated carbocycles. The zero-order valence-electron chi connectivity index (χ0n) is 10.8. The molecule has 0 spiro atoms. The van der Waals surface area contributed by atoms with E-state index in [-0.39, 0.29) is 5.91 Å². The Labute approximate surface area is 116 Å². The van der Waals surface area contributed by atoms with Crippen molar-refractivity contribution in [3.05, 3.63) is 28.5 Å². The lowest BCUT2D eigenvalue weighted by Gasteiger charge is -2.07. The van der Waals surface area contributed by atoms with E-state index in [2.05, 4.69) is 40.1 Å². The van der Waals surface area contributed by atoms with Gasteiger partial charge in [-0.15, -0.1) is 0 Å². The Morgan fingerprint density at radius 1 is 1.50 bits per heavy atom. The zero-order chi connectivity index (χ0) is 13.4. The van der Waals surface area contributed by atoms with Gasteiger partial charge in [0, 0.05) is 26.0 Å².